The molecule has 0 aliphatic carbocycles. The van der Waals surface area contributed by atoms with Crippen LogP contribution in [-0.2, 0) is 9.59 Å². The largest absolute Gasteiger partial charge is 0.353 e. The van der Waals surface area contributed by atoms with Gasteiger partial charge in [-0.1, -0.05) is 60.7 Å². The van der Waals surface area contributed by atoms with Crippen molar-refractivity contribution in [2.45, 2.75) is 26.3 Å². The van der Waals surface area contributed by atoms with Gasteiger partial charge in [-0.3, -0.25) is 9.59 Å². The van der Waals surface area contributed by atoms with Gasteiger partial charge >= 0.3 is 0 Å². The van der Waals surface area contributed by atoms with Gasteiger partial charge in [0.15, 0.2) is 5.82 Å². The number of hydrogen-bond donors (Lipinski definition) is 0. The highest BCUT2D eigenvalue weighted by atomic mass is 16.2. The molecule has 3 aromatic rings. The molecule has 0 N–H and O–H groups in total. The number of anilines is 1. The lowest BCUT2D eigenvalue weighted by atomic mass is 10.1. The molecule has 0 bridgehead atoms. The molecule has 2 amide bonds. The van der Waals surface area contributed by atoms with Crippen LogP contribution in [0.1, 0.15) is 31.9 Å². The fraction of sp³-hybridized carbons (Fsp3) is 0.333. The molecule has 0 saturated carbocycles. The number of amides is 2. The minimum atomic E-state index is -0.162. The van der Waals surface area contributed by atoms with Crippen molar-refractivity contribution in [2.75, 3.05) is 37.6 Å². The molecule has 176 valence electrons. The minimum Gasteiger partial charge on any atom is -0.353 e. The fourth-order valence-corrected chi connectivity index (χ4v) is 4.33. The highest BCUT2D eigenvalue weighted by molar-refractivity contribution is 5.84. The van der Waals surface area contributed by atoms with Crippen LogP contribution in [0.15, 0.2) is 72.8 Å². The first-order valence-electron chi connectivity index (χ1n) is 11.8. The summed E-state index contributed by atoms with van der Waals surface area (Å²) in [6, 6.07) is 23.6. The van der Waals surface area contributed by atoms with Crippen LogP contribution in [0.3, 0.4) is 0 Å². The fourth-order valence-electron chi connectivity index (χ4n) is 4.33. The number of carbonyl (C=O) groups excluding carboxylic acids is 2. The summed E-state index contributed by atoms with van der Waals surface area (Å²) in [5.74, 6) is 0.692. The number of benzene rings is 2. The third-order valence-corrected chi connectivity index (χ3v) is 6.35. The van der Waals surface area contributed by atoms with Crippen molar-refractivity contribution >= 4 is 17.6 Å². The van der Waals surface area contributed by atoms with E-state index in [1.807, 2.05) is 84.6 Å². The highest BCUT2D eigenvalue weighted by Crippen LogP contribution is 2.21. The van der Waals surface area contributed by atoms with Gasteiger partial charge in [0.2, 0.25) is 11.8 Å². The van der Waals surface area contributed by atoms with E-state index < -0.39 is 0 Å². The Hall–Kier alpha value is -3.74. The molecular weight excluding hydrogens is 426 g/mol. The smallest absolute Gasteiger partial charge is 0.242 e. The molecule has 0 radical (unpaired) electrons. The third-order valence-electron chi connectivity index (χ3n) is 6.35. The van der Waals surface area contributed by atoms with E-state index in [4.69, 9.17) is 0 Å². The van der Waals surface area contributed by atoms with Gasteiger partial charge in [-0.25, -0.2) is 0 Å². The van der Waals surface area contributed by atoms with Gasteiger partial charge in [0.1, 0.15) is 6.54 Å². The predicted molar refractivity (Wildman–Crippen MR) is 133 cm³/mol. The zero-order chi connectivity index (χ0) is 23.9. The molecule has 1 aliphatic rings. The van der Waals surface area contributed by atoms with Crippen LogP contribution in [0.5, 0.6) is 0 Å². The number of carbonyl (C=O) groups is 2. The van der Waals surface area contributed by atoms with Crippen LogP contribution in [0, 0.1) is 0 Å². The summed E-state index contributed by atoms with van der Waals surface area (Å²) in [5.41, 5.74) is 2.90. The van der Waals surface area contributed by atoms with Crippen LogP contribution in [-0.4, -0.2) is 64.5 Å². The van der Waals surface area contributed by atoms with Gasteiger partial charge in [-0.2, -0.15) is 0 Å². The van der Waals surface area contributed by atoms with Crippen molar-refractivity contribution in [1.29, 1.82) is 0 Å². The summed E-state index contributed by atoms with van der Waals surface area (Å²) in [4.78, 5) is 31.2. The zero-order valence-electron chi connectivity index (χ0n) is 19.8. The molecule has 7 heteroatoms. The van der Waals surface area contributed by atoms with Crippen LogP contribution < -0.4 is 4.90 Å². The summed E-state index contributed by atoms with van der Waals surface area (Å²) in [6.45, 7) is 6.31. The Morgan fingerprint density at radius 2 is 1.59 bits per heavy atom. The number of aromatic nitrogens is 2. The topological polar surface area (TPSA) is 69.6 Å². The maximum atomic E-state index is 13.1. The summed E-state index contributed by atoms with van der Waals surface area (Å²) in [6.07, 6.45) is 0.835. The first-order valence-corrected chi connectivity index (χ1v) is 11.8. The van der Waals surface area contributed by atoms with Crippen LogP contribution in [0.4, 0.5) is 5.82 Å². The lowest BCUT2D eigenvalue weighted by Crippen LogP contribution is -2.44. The molecule has 1 atom stereocenters. The SMILES string of the molecule is CC(=O)N(CC(=O)N1CCCN(c2ccc(-c3ccccc3)nn2)CC1)C(C)c1ccccc1. The van der Waals surface area contributed by atoms with E-state index in [0.29, 0.717) is 19.6 Å². The average molecular weight is 458 g/mol. The average Bonchev–Trinajstić information content (AvgIpc) is 3.14. The lowest BCUT2D eigenvalue weighted by molar-refractivity contribution is -0.141. The maximum Gasteiger partial charge on any atom is 0.242 e. The quantitative estimate of drug-likeness (QED) is 0.563. The van der Waals surface area contributed by atoms with Gasteiger partial charge in [0.05, 0.1) is 11.7 Å². The van der Waals surface area contributed by atoms with Crippen LogP contribution in [0.25, 0.3) is 11.3 Å². The Morgan fingerprint density at radius 3 is 2.24 bits per heavy atom. The second-order valence-corrected chi connectivity index (χ2v) is 8.60. The van der Waals surface area contributed by atoms with Crippen LogP contribution >= 0.6 is 0 Å². The first-order chi connectivity index (χ1) is 16.5. The maximum absolute atomic E-state index is 13.1. The van der Waals surface area contributed by atoms with E-state index in [1.165, 1.54) is 6.92 Å². The van der Waals surface area contributed by atoms with Gasteiger partial charge in [-0.15, -0.1) is 10.2 Å². The Kier molecular flexibility index (Phi) is 7.52. The molecule has 0 spiro atoms. The van der Waals surface area contributed by atoms with Crippen molar-refractivity contribution in [1.82, 2.24) is 20.0 Å². The Labute approximate surface area is 201 Å². The second kappa shape index (κ2) is 10.9. The van der Waals surface area contributed by atoms with E-state index in [9.17, 15) is 9.59 Å². The molecule has 1 unspecified atom stereocenters. The summed E-state index contributed by atoms with van der Waals surface area (Å²) in [7, 11) is 0. The molecule has 2 heterocycles. The van der Waals surface area contributed by atoms with E-state index in [-0.39, 0.29) is 24.4 Å². The number of rotatable bonds is 6. The number of nitrogens with zero attached hydrogens (tertiary/aromatic N) is 5. The van der Waals surface area contributed by atoms with Crippen LogP contribution in [0.2, 0.25) is 0 Å². The molecule has 1 aromatic heterocycles. The molecule has 1 fully saturated rings. The summed E-state index contributed by atoms with van der Waals surface area (Å²) in [5, 5.41) is 8.84. The van der Waals surface area contributed by atoms with Gasteiger partial charge < -0.3 is 14.7 Å². The predicted octanol–water partition coefficient (Wildman–Crippen LogP) is 3.79. The third kappa shape index (κ3) is 5.60. The summed E-state index contributed by atoms with van der Waals surface area (Å²) >= 11 is 0. The molecule has 34 heavy (non-hydrogen) atoms. The van der Waals surface area contributed by atoms with E-state index >= 15 is 0 Å². The molecular formula is C27H31N5O2. The zero-order valence-corrected chi connectivity index (χ0v) is 19.8. The molecule has 7 nitrogen and oxygen atoms in total. The van der Waals surface area contributed by atoms with Gasteiger partial charge in [-0.05, 0) is 31.0 Å². The summed E-state index contributed by atoms with van der Waals surface area (Å²) < 4.78 is 0. The Balaban J connectivity index is 1.37. The normalized spacial score (nSPS) is 14.9. The lowest BCUT2D eigenvalue weighted by Gasteiger charge is -2.30. The van der Waals surface area contributed by atoms with E-state index in [0.717, 1.165) is 35.6 Å². The van der Waals surface area contributed by atoms with Crippen molar-refractivity contribution in [3.63, 3.8) is 0 Å². The Morgan fingerprint density at radius 1 is 0.882 bits per heavy atom. The molecule has 4 rings (SSSR count). The molecule has 1 aliphatic heterocycles. The highest BCUT2D eigenvalue weighted by Gasteiger charge is 2.26. The first kappa shape index (κ1) is 23.4. The van der Waals surface area contributed by atoms with E-state index in [2.05, 4.69) is 15.1 Å². The van der Waals surface area contributed by atoms with Gasteiger partial charge in [0, 0.05) is 38.7 Å². The Bertz CT molecular complexity index is 1090. The van der Waals surface area contributed by atoms with Crippen molar-refractivity contribution in [3.8, 4) is 11.3 Å². The minimum absolute atomic E-state index is 0.0228. The molecule has 1 saturated heterocycles. The standard InChI is InChI=1S/C27H31N5O2/c1-21(23-10-5-3-6-11-23)32(22(2)33)20-27(34)31-17-9-16-30(18-19-31)26-15-14-25(28-29-26)24-12-7-4-8-13-24/h3-8,10-15,21H,9,16-20H2,1-2H3. The van der Waals surface area contributed by atoms with Gasteiger partial charge in [0.25, 0.3) is 0 Å². The van der Waals surface area contributed by atoms with Crippen molar-refractivity contribution in [2.24, 2.45) is 0 Å². The van der Waals surface area contributed by atoms with Crippen molar-refractivity contribution in [3.05, 3.63) is 78.4 Å². The van der Waals surface area contributed by atoms with E-state index in [1.54, 1.807) is 4.90 Å². The van der Waals surface area contributed by atoms with Crippen molar-refractivity contribution < 1.29 is 9.59 Å². The second-order valence-electron chi connectivity index (χ2n) is 8.60. The monoisotopic (exact) mass is 457 g/mol. The molecule has 2 aromatic carbocycles. The number of hydrogen-bond acceptors (Lipinski definition) is 5.